The van der Waals surface area contributed by atoms with Gasteiger partial charge in [0.1, 0.15) is 5.75 Å². The lowest BCUT2D eigenvalue weighted by atomic mass is 9.99. The number of nitrogens with one attached hydrogen (secondary N) is 2. The molecule has 2 amide bonds. The SMILES string of the molecule is CCCN(CCC)C(=O)c1cc(C(=O)O)cc(C(=O)N[C@@H](Cc2ccccc2)[C@@H](O)CNCc2cccc(OC)c2)c1. The second kappa shape index (κ2) is 16.3. The van der Waals surface area contributed by atoms with Crippen LogP contribution in [0.5, 0.6) is 5.75 Å². The number of methoxy groups -OCH3 is 1. The molecule has 3 aromatic rings. The molecule has 9 nitrogen and oxygen atoms in total. The predicted octanol–water partition coefficient (Wildman–Crippen LogP) is 4.15. The van der Waals surface area contributed by atoms with Gasteiger partial charge in [-0.3, -0.25) is 9.59 Å². The molecule has 0 radical (unpaired) electrons. The van der Waals surface area contributed by atoms with Gasteiger partial charge < -0.3 is 30.5 Å². The van der Waals surface area contributed by atoms with Crippen molar-refractivity contribution in [3.8, 4) is 5.75 Å². The van der Waals surface area contributed by atoms with Crippen molar-refractivity contribution < 1.29 is 29.3 Å². The Labute approximate surface area is 247 Å². The van der Waals surface area contributed by atoms with Gasteiger partial charge in [0.25, 0.3) is 11.8 Å². The van der Waals surface area contributed by atoms with Gasteiger partial charge in [-0.2, -0.15) is 0 Å². The molecule has 0 fully saturated rings. The maximum absolute atomic E-state index is 13.5. The summed E-state index contributed by atoms with van der Waals surface area (Å²) in [6, 6.07) is 20.4. The minimum atomic E-state index is -1.24. The van der Waals surface area contributed by atoms with E-state index in [9.17, 15) is 24.6 Å². The molecule has 0 saturated carbocycles. The zero-order chi connectivity index (χ0) is 30.5. The summed E-state index contributed by atoms with van der Waals surface area (Å²) in [6.07, 6.45) is 0.887. The number of rotatable bonds is 16. The van der Waals surface area contributed by atoms with Crippen molar-refractivity contribution in [3.63, 3.8) is 0 Å². The number of carboxylic acid groups (broad SMARTS) is 1. The number of ether oxygens (including phenoxy) is 1. The van der Waals surface area contributed by atoms with Gasteiger partial charge in [0.2, 0.25) is 0 Å². The molecule has 3 aromatic carbocycles. The number of nitrogens with zero attached hydrogens (tertiary/aromatic N) is 1. The molecule has 2 atom stereocenters. The number of amides is 2. The van der Waals surface area contributed by atoms with Crippen LogP contribution in [0.2, 0.25) is 0 Å². The third-order valence-corrected chi connectivity index (χ3v) is 6.86. The van der Waals surface area contributed by atoms with Crippen LogP contribution in [0.1, 0.15) is 68.9 Å². The molecule has 224 valence electrons. The summed E-state index contributed by atoms with van der Waals surface area (Å²) in [4.78, 5) is 40.4. The number of carbonyl (C=O) groups excluding carboxylic acids is 2. The molecular weight excluding hydrogens is 534 g/mol. The summed E-state index contributed by atoms with van der Waals surface area (Å²) < 4.78 is 5.27. The van der Waals surface area contributed by atoms with E-state index >= 15 is 0 Å². The minimum absolute atomic E-state index is 0.0424. The van der Waals surface area contributed by atoms with Gasteiger partial charge in [0, 0.05) is 37.3 Å². The number of hydrogen-bond donors (Lipinski definition) is 4. The van der Waals surface area contributed by atoms with Gasteiger partial charge in [-0.05, 0) is 60.7 Å². The second-order valence-corrected chi connectivity index (χ2v) is 10.2. The number of benzene rings is 3. The monoisotopic (exact) mass is 575 g/mol. The van der Waals surface area contributed by atoms with Crippen LogP contribution in [0, 0.1) is 0 Å². The van der Waals surface area contributed by atoms with Gasteiger partial charge in [-0.15, -0.1) is 0 Å². The summed E-state index contributed by atoms with van der Waals surface area (Å²) in [6.45, 7) is 5.66. The lowest BCUT2D eigenvalue weighted by molar-refractivity contribution is 0.0696. The largest absolute Gasteiger partial charge is 0.497 e. The highest BCUT2D eigenvalue weighted by Crippen LogP contribution is 2.16. The first-order valence-corrected chi connectivity index (χ1v) is 14.3. The molecule has 42 heavy (non-hydrogen) atoms. The normalized spacial score (nSPS) is 12.3. The fourth-order valence-corrected chi connectivity index (χ4v) is 4.74. The molecule has 4 N–H and O–H groups in total. The molecule has 0 aliphatic carbocycles. The van der Waals surface area contributed by atoms with E-state index in [1.807, 2.05) is 68.4 Å². The van der Waals surface area contributed by atoms with Crippen molar-refractivity contribution in [2.45, 2.75) is 51.8 Å². The van der Waals surface area contributed by atoms with Gasteiger partial charge in [0.15, 0.2) is 0 Å². The predicted molar refractivity (Wildman–Crippen MR) is 162 cm³/mol. The summed E-state index contributed by atoms with van der Waals surface area (Å²) in [5.41, 5.74) is 1.93. The smallest absolute Gasteiger partial charge is 0.335 e. The lowest BCUT2D eigenvalue weighted by Gasteiger charge is -2.25. The Morgan fingerprint density at radius 3 is 2.14 bits per heavy atom. The first kappa shape index (κ1) is 32.3. The average Bonchev–Trinajstić information content (AvgIpc) is 3.00. The minimum Gasteiger partial charge on any atom is -0.497 e. The van der Waals surface area contributed by atoms with E-state index < -0.39 is 24.0 Å². The van der Waals surface area contributed by atoms with E-state index in [2.05, 4.69) is 10.6 Å². The number of hydrogen-bond acceptors (Lipinski definition) is 6. The molecule has 9 heteroatoms. The van der Waals surface area contributed by atoms with E-state index in [4.69, 9.17) is 4.74 Å². The van der Waals surface area contributed by atoms with Gasteiger partial charge in [-0.1, -0.05) is 56.3 Å². The fraction of sp³-hybridized carbons (Fsp3) is 0.364. The average molecular weight is 576 g/mol. The van der Waals surface area contributed by atoms with Crippen molar-refractivity contribution in [2.24, 2.45) is 0 Å². The van der Waals surface area contributed by atoms with Gasteiger partial charge in [-0.25, -0.2) is 4.79 Å². The highest BCUT2D eigenvalue weighted by molar-refractivity contribution is 6.03. The van der Waals surface area contributed by atoms with Crippen LogP contribution in [-0.2, 0) is 13.0 Å². The van der Waals surface area contributed by atoms with E-state index in [1.165, 1.54) is 18.2 Å². The zero-order valence-electron chi connectivity index (χ0n) is 24.5. The van der Waals surface area contributed by atoms with Crippen molar-refractivity contribution in [3.05, 3.63) is 101 Å². The van der Waals surface area contributed by atoms with Crippen LogP contribution in [-0.4, -0.2) is 71.8 Å². The Hall–Kier alpha value is -4.21. The quantitative estimate of drug-likeness (QED) is 0.202. The Bertz CT molecular complexity index is 1320. The second-order valence-electron chi connectivity index (χ2n) is 10.2. The third-order valence-electron chi connectivity index (χ3n) is 6.86. The summed E-state index contributed by atoms with van der Waals surface area (Å²) >= 11 is 0. The molecule has 0 aliphatic heterocycles. The number of aliphatic hydroxyl groups is 1. The van der Waals surface area contributed by atoms with Crippen molar-refractivity contribution >= 4 is 17.8 Å². The number of aromatic carboxylic acids is 1. The third kappa shape index (κ3) is 9.43. The van der Waals surface area contributed by atoms with E-state index in [0.717, 1.165) is 29.7 Å². The maximum Gasteiger partial charge on any atom is 0.335 e. The fourth-order valence-electron chi connectivity index (χ4n) is 4.74. The number of carbonyl (C=O) groups is 3. The highest BCUT2D eigenvalue weighted by atomic mass is 16.5. The Morgan fingerprint density at radius 2 is 1.50 bits per heavy atom. The summed E-state index contributed by atoms with van der Waals surface area (Å²) in [5, 5.41) is 27.0. The van der Waals surface area contributed by atoms with Crippen LogP contribution in [0.25, 0.3) is 0 Å². The van der Waals surface area contributed by atoms with Gasteiger partial charge in [0.05, 0.1) is 24.8 Å². The summed E-state index contributed by atoms with van der Waals surface area (Å²) in [7, 11) is 1.60. The van der Waals surface area contributed by atoms with Crippen molar-refractivity contribution in [1.29, 1.82) is 0 Å². The molecular formula is C33H41N3O6. The molecule has 0 heterocycles. The highest BCUT2D eigenvalue weighted by Gasteiger charge is 2.25. The molecule has 0 unspecified atom stereocenters. The lowest BCUT2D eigenvalue weighted by Crippen LogP contribution is -2.48. The molecule has 0 bridgehead atoms. The Morgan fingerprint density at radius 1 is 0.857 bits per heavy atom. The number of aliphatic hydroxyl groups excluding tert-OH is 1. The van der Waals surface area contributed by atoms with E-state index in [1.54, 1.807) is 12.0 Å². The van der Waals surface area contributed by atoms with Crippen LogP contribution in [0.15, 0.2) is 72.8 Å². The van der Waals surface area contributed by atoms with Gasteiger partial charge >= 0.3 is 5.97 Å². The van der Waals surface area contributed by atoms with Crippen molar-refractivity contribution in [1.82, 2.24) is 15.5 Å². The molecule has 0 aromatic heterocycles. The standard InChI is InChI=1S/C33H41N3O6/c1-4-14-36(15-5-2)32(39)26-18-25(19-27(20-26)33(40)41)31(38)35-29(17-23-10-7-6-8-11-23)30(37)22-34-21-24-12-9-13-28(16-24)42-3/h6-13,16,18-20,29-30,34,37H,4-5,14-15,17,21-22H2,1-3H3,(H,35,38)(H,40,41)/t29-,30-/m0/s1. The molecule has 0 saturated heterocycles. The van der Waals surface area contributed by atoms with Crippen LogP contribution < -0.4 is 15.4 Å². The Kier molecular flexibility index (Phi) is 12.5. The number of carboxylic acids is 1. The maximum atomic E-state index is 13.5. The zero-order valence-corrected chi connectivity index (χ0v) is 24.5. The Balaban J connectivity index is 1.82. The van der Waals surface area contributed by atoms with Crippen molar-refractivity contribution in [2.75, 3.05) is 26.7 Å². The van der Waals surface area contributed by atoms with Crippen LogP contribution >= 0.6 is 0 Å². The topological polar surface area (TPSA) is 128 Å². The molecule has 0 aliphatic rings. The first-order chi connectivity index (χ1) is 20.2. The first-order valence-electron chi connectivity index (χ1n) is 14.3. The van der Waals surface area contributed by atoms with Crippen LogP contribution in [0.3, 0.4) is 0 Å². The van der Waals surface area contributed by atoms with Crippen LogP contribution in [0.4, 0.5) is 0 Å². The van der Waals surface area contributed by atoms with E-state index in [0.29, 0.717) is 26.1 Å². The summed E-state index contributed by atoms with van der Waals surface area (Å²) in [5.74, 6) is -1.40. The van der Waals surface area contributed by atoms with E-state index in [-0.39, 0.29) is 29.1 Å². The molecule has 0 spiro atoms. The molecule has 3 rings (SSSR count).